The molecule has 3 aromatic carbocycles. The van der Waals surface area contributed by atoms with Crippen LogP contribution < -0.4 is 5.32 Å². The van der Waals surface area contributed by atoms with Crippen molar-refractivity contribution < 1.29 is 17.6 Å². The normalized spacial score (nSPS) is 11.8. The summed E-state index contributed by atoms with van der Waals surface area (Å²) in [5, 5.41) is 3.36. The Bertz CT molecular complexity index is 1370. The highest BCUT2D eigenvalue weighted by atomic mass is 32.2. The SMILES string of the molecule is CC(C)c1ccc(NC(=O)Cn2cc(S(=O)(=O)c3ccc(F)cc3)c3ccccc32)cc1. The molecule has 0 aliphatic heterocycles. The number of benzene rings is 3. The number of nitrogens with zero attached hydrogens (tertiary/aromatic N) is 1. The highest BCUT2D eigenvalue weighted by Crippen LogP contribution is 2.30. The summed E-state index contributed by atoms with van der Waals surface area (Å²) >= 11 is 0. The van der Waals surface area contributed by atoms with Crippen molar-refractivity contribution in [3.63, 3.8) is 0 Å². The molecule has 1 heterocycles. The van der Waals surface area contributed by atoms with Gasteiger partial charge in [0.25, 0.3) is 0 Å². The van der Waals surface area contributed by atoms with E-state index < -0.39 is 15.7 Å². The summed E-state index contributed by atoms with van der Waals surface area (Å²) in [5.74, 6) is -0.384. The van der Waals surface area contributed by atoms with Crippen LogP contribution in [0.2, 0.25) is 0 Å². The standard InChI is InChI=1S/C25H23FN2O3S/c1-17(2)18-7-11-20(12-8-18)27-25(29)16-28-15-24(22-5-3-4-6-23(22)28)32(30,31)21-13-9-19(26)10-14-21/h3-15,17H,16H2,1-2H3,(H,27,29). The van der Waals surface area contributed by atoms with Crippen LogP contribution in [0.25, 0.3) is 10.9 Å². The fourth-order valence-corrected chi connectivity index (χ4v) is 5.08. The lowest BCUT2D eigenvalue weighted by molar-refractivity contribution is -0.116. The van der Waals surface area contributed by atoms with Gasteiger partial charge in [0.15, 0.2) is 0 Å². The van der Waals surface area contributed by atoms with Crippen molar-refractivity contribution in [2.75, 3.05) is 5.32 Å². The second kappa shape index (κ2) is 8.59. The number of carbonyl (C=O) groups excluding carboxylic acids is 1. The zero-order valence-corrected chi connectivity index (χ0v) is 18.6. The number of para-hydroxylation sites is 1. The van der Waals surface area contributed by atoms with E-state index in [1.54, 1.807) is 28.8 Å². The predicted molar refractivity (Wildman–Crippen MR) is 123 cm³/mol. The molecule has 0 saturated carbocycles. The van der Waals surface area contributed by atoms with E-state index in [2.05, 4.69) is 19.2 Å². The van der Waals surface area contributed by atoms with E-state index in [9.17, 15) is 17.6 Å². The molecule has 7 heteroatoms. The van der Waals surface area contributed by atoms with Gasteiger partial charge < -0.3 is 9.88 Å². The monoisotopic (exact) mass is 450 g/mol. The number of hydrogen-bond acceptors (Lipinski definition) is 3. The van der Waals surface area contributed by atoms with Crippen LogP contribution >= 0.6 is 0 Å². The molecular formula is C25H23FN2O3S. The molecule has 164 valence electrons. The molecule has 1 aromatic heterocycles. The molecule has 0 unspecified atom stereocenters. The van der Waals surface area contributed by atoms with Gasteiger partial charge >= 0.3 is 0 Å². The Balaban J connectivity index is 1.64. The van der Waals surface area contributed by atoms with Gasteiger partial charge in [0, 0.05) is 22.8 Å². The maximum Gasteiger partial charge on any atom is 0.244 e. The van der Waals surface area contributed by atoms with Crippen molar-refractivity contribution in [1.82, 2.24) is 4.57 Å². The molecular weight excluding hydrogens is 427 g/mol. The Labute approximate surface area is 186 Å². The number of anilines is 1. The first-order valence-electron chi connectivity index (χ1n) is 10.2. The van der Waals surface area contributed by atoms with Crippen molar-refractivity contribution in [2.45, 2.75) is 36.1 Å². The first-order chi connectivity index (χ1) is 15.3. The zero-order valence-electron chi connectivity index (χ0n) is 17.7. The fraction of sp³-hybridized carbons (Fsp3) is 0.160. The highest BCUT2D eigenvalue weighted by Gasteiger charge is 2.24. The molecule has 0 radical (unpaired) electrons. The first-order valence-corrected chi connectivity index (χ1v) is 11.7. The number of fused-ring (bicyclic) bond motifs is 1. The lowest BCUT2D eigenvalue weighted by atomic mass is 10.0. The second-order valence-electron chi connectivity index (χ2n) is 7.92. The lowest BCUT2D eigenvalue weighted by Crippen LogP contribution is -2.18. The van der Waals surface area contributed by atoms with Crippen LogP contribution in [-0.4, -0.2) is 18.9 Å². The van der Waals surface area contributed by atoms with E-state index in [4.69, 9.17) is 0 Å². The molecule has 4 aromatic rings. The molecule has 0 aliphatic rings. The second-order valence-corrected chi connectivity index (χ2v) is 9.84. The quantitative estimate of drug-likeness (QED) is 0.401. The molecule has 0 saturated heterocycles. The lowest BCUT2D eigenvalue weighted by Gasteiger charge is -2.09. The predicted octanol–water partition coefficient (Wildman–Crippen LogP) is 5.38. The average Bonchev–Trinajstić information content (AvgIpc) is 3.13. The van der Waals surface area contributed by atoms with Gasteiger partial charge in [-0.3, -0.25) is 4.79 Å². The van der Waals surface area contributed by atoms with Crippen molar-refractivity contribution in [2.24, 2.45) is 0 Å². The number of aromatic nitrogens is 1. The third kappa shape index (κ3) is 4.29. The van der Waals surface area contributed by atoms with Gasteiger partial charge in [0.05, 0.1) is 9.79 Å². The maximum absolute atomic E-state index is 13.3. The van der Waals surface area contributed by atoms with Crippen molar-refractivity contribution in [3.8, 4) is 0 Å². The van der Waals surface area contributed by atoms with Gasteiger partial charge in [-0.25, -0.2) is 12.8 Å². The molecule has 0 spiro atoms. The molecule has 1 N–H and O–H groups in total. The van der Waals surface area contributed by atoms with Crippen LogP contribution in [0.5, 0.6) is 0 Å². The van der Waals surface area contributed by atoms with E-state index in [-0.39, 0.29) is 22.2 Å². The number of halogens is 1. The Morgan fingerprint density at radius 3 is 2.28 bits per heavy atom. The van der Waals surface area contributed by atoms with E-state index in [1.807, 2.05) is 24.3 Å². The number of carbonyl (C=O) groups is 1. The third-order valence-corrected chi connectivity index (χ3v) is 7.14. The van der Waals surface area contributed by atoms with Crippen molar-refractivity contribution >= 4 is 32.3 Å². The third-order valence-electron chi connectivity index (χ3n) is 5.34. The van der Waals surface area contributed by atoms with Gasteiger partial charge in [-0.05, 0) is 53.9 Å². The molecule has 4 rings (SSSR count). The summed E-state index contributed by atoms with van der Waals surface area (Å²) in [4.78, 5) is 12.8. The van der Waals surface area contributed by atoms with E-state index in [0.717, 1.165) is 12.1 Å². The topological polar surface area (TPSA) is 68.2 Å². The van der Waals surface area contributed by atoms with Crippen molar-refractivity contribution in [1.29, 1.82) is 0 Å². The Morgan fingerprint density at radius 1 is 0.969 bits per heavy atom. The number of hydrogen-bond donors (Lipinski definition) is 1. The van der Waals surface area contributed by atoms with E-state index >= 15 is 0 Å². The van der Waals surface area contributed by atoms with Crippen LogP contribution in [0, 0.1) is 5.82 Å². The van der Waals surface area contributed by atoms with Gasteiger partial charge in [0.2, 0.25) is 15.7 Å². The molecule has 0 aliphatic carbocycles. The Hall–Kier alpha value is -3.45. The molecule has 5 nitrogen and oxygen atoms in total. The van der Waals surface area contributed by atoms with Crippen LogP contribution in [0.4, 0.5) is 10.1 Å². The summed E-state index contributed by atoms with van der Waals surface area (Å²) in [6.07, 6.45) is 1.46. The minimum atomic E-state index is -3.89. The first kappa shape index (κ1) is 21.8. The van der Waals surface area contributed by atoms with Crippen LogP contribution in [0.1, 0.15) is 25.3 Å². The fourth-order valence-electron chi connectivity index (χ4n) is 3.61. The highest BCUT2D eigenvalue weighted by molar-refractivity contribution is 7.91. The summed E-state index contributed by atoms with van der Waals surface area (Å²) < 4.78 is 41.3. The van der Waals surface area contributed by atoms with Gasteiger partial charge in [-0.15, -0.1) is 0 Å². The number of nitrogens with one attached hydrogen (secondary N) is 1. The van der Waals surface area contributed by atoms with E-state index in [1.165, 1.54) is 23.9 Å². The molecule has 32 heavy (non-hydrogen) atoms. The van der Waals surface area contributed by atoms with Crippen LogP contribution in [0.3, 0.4) is 0 Å². The smallest absolute Gasteiger partial charge is 0.244 e. The number of sulfone groups is 1. The zero-order chi connectivity index (χ0) is 22.9. The maximum atomic E-state index is 13.3. The summed E-state index contributed by atoms with van der Waals surface area (Å²) in [6, 6.07) is 19.4. The van der Waals surface area contributed by atoms with Crippen LogP contribution in [-0.2, 0) is 21.2 Å². The minimum absolute atomic E-state index is 0.00324. The number of amides is 1. The van der Waals surface area contributed by atoms with Crippen LogP contribution in [0.15, 0.2) is 88.8 Å². The molecule has 1 amide bonds. The molecule has 0 fully saturated rings. The van der Waals surface area contributed by atoms with Gasteiger partial charge in [-0.1, -0.05) is 44.2 Å². The Morgan fingerprint density at radius 2 is 1.62 bits per heavy atom. The van der Waals surface area contributed by atoms with Gasteiger partial charge in [0.1, 0.15) is 12.4 Å². The molecule has 0 bridgehead atoms. The largest absolute Gasteiger partial charge is 0.337 e. The van der Waals surface area contributed by atoms with Gasteiger partial charge in [-0.2, -0.15) is 0 Å². The number of rotatable bonds is 6. The summed E-state index contributed by atoms with van der Waals surface area (Å²) in [5.41, 5.74) is 2.48. The minimum Gasteiger partial charge on any atom is -0.337 e. The summed E-state index contributed by atoms with van der Waals surface area (Å²) in [6.45, 7) is 4.15. The summed E-state index contributed by atoms with van der Waals surface area (Å²) in [7, 11) is -3.89. The van der Waals surface area contributed by atoms with E-state index in [0.29, 0.717) is 22.5 Å². The molecule has 0 atom stereocenters. The Kier molecular flexibility index (Phi) is 5.84. The average molecular weight is 451 g/mol. The van der Waals surface area contributed by atoms with Crippen molar-refractivity contribution in [3.05, 3.63) is 90.4 Å².